The summed E-state index contributed by atoms with van der Waals surface area (Å²) in [4.78, 5) is 10.9. The van der Waals surface area contributed by atoms with E-state index in [1.807, 2.05) is 16.8 Å². The highest BCUT2D eigenvalue weighted by molar-refractivity contribution is 7.08. The number of thiophene rings is 1. The number of rotatable bonds is 6. The van der Waals surface area contributed by atoms with E-state index in [0.29, 0.717) is 13.2 Å². The predicted molar refractivity (Wildman–Crippen MR) is 54.6 cm³/mol. The molecule has 5 heteroatoms. The van der Waals surface area contributed by atoms with Gasteiger partial charge in [0.1, 0.15) is 6.04 Å². The quantitative estimate of drug-likeness (QED) is 0.698. The van der Waals surface area contributed by atoms with Crippen LogP contribution in [0.15, 0.2) is 16.8 Å². The molecule has 0 aliphatic rings. The Morgan fingerprint density at radius 2 is 2.57 bits per heavy atom. The Bertz CT molecular complexity index is 274. The Morgan fingerprint density at radius 1 is 1.79 bits per heavy atom. The molecule has 1 rings (SSSR count). The number of hydrogen-bond acceptors (Lipinski definition) is 4. The van der Waals surface area contributed by atoms with Crippen LogP contribution in [0.3, 0.4) is 0 Å². The van der Waals surface area contributed by atoms with Crippen LogP contribution in [0.5, 0.6) is 0 Å². The van der Waals surface area contributed by atoms with Crippen molar-refractivity contribution >= 4 is 17.3 Å². The van der Waals surface area contributed by atoms with Crippen LogP contribution in [0.2, 0.25) is 0 Å². The molecular formula is C9H13NO3S. The second kappa shape index (κ2) is 5.74. The number of carboxylic acid groups (broad SMARTS) is 1. The SMILES string of the molecule is COCCNC(C(=O)O)c1ccsc1. The van der Waals surface area contributed by atoms with E-state index in [9.17, 15) is 4.79 Å². The first-order valence-corrected chi connectivity index (χ1v) is 5.17. The standard InChI is InChI=1S/C9H13NO3S/c1-13-4-3-10-8(9(11)12)7-2-5-14-6-7/h2,5-6,8,10H,3-4H2,1H3,(H,11,12). The third-order valence-electron chi connectivity index (χ3n) is 1.78. The molecule has 14 heavy (non-hydrogen) atoms. The molecule has 0 fully saturated rings. The smallest absolute Gasteiger partial charge is 0.325 e. The average molecular weight is 215 g/mol. The molecule has 1 heterocycles. The van der Waals surface area contributed by atoms with E-state index in [4.69, 9.17) is 9.84 Å². The number of ether oxygens (including phenoxy) is 1. The Hall–Kier alpha value is -0.910. The second-order valence-corrected chi connectivity index (χ2v) is 3.55. The zero-order valence-electron chi connectivity index (χ0n) is 7.90. The van der Waals surface area contributed by atoms with Crippen molar-refractivity contribution in [2.24, 2.45) is 0 Å². The Kier molecular flexibility index (Phi) is 4.58. The number of carbonyl (C=O) groups is 1. The zero-order valence-corrected chi connectivity index (χ0v) is 8.71. The fourth-order valence-electron chi connectivity index (χ4n) is 1.09. The highest BCUT2D eigenvalue weighted by atomic mass is 32.1. The lowest BCUT2D eigenvalue weighted by molar-refractivity contribution is -0.139. The number of aliphatic carboxylic acids is 1. The van der Waals surface area contributed by atoms with Gasteiger partial charge in [-0.1, -0.05) is 0 Å². The summed E-state index contributed by atoms with van der Waals surface area (Å²) in [6.07, 6.45) is 0. The van der Waals surface area contributed by atoms with Gasteiger partial charge in [-0.05, 0) is 22.4 Å². The molecule has 0 bridgehead atoms. The van der Waals surface area contributed by atoms with Crippen LogP contribution >= 0.6 is 11.3 Å². The van der Waals surface area contributed by atoms with Crippen LogP contribution in [0.4, 0.5) is 0 Å². The Balaban J connectivity index is 2.52. The van der Waals surface area contributed by atoms with Crippen LogP contribution < -0.4 is 5.32 Å². The summed E-state index contributed by atoms with van der Waals surface area (Å²) in [6.45, 7) is 1.04. The third-order valence-corrected chi connectivity index (χ3v) is 2.48. The fraction of sp³-hybridized carbons (Fsp3) is 0.444. The summed E-state index contributed by atoms with van der Waals surface area (Å²) in [7, 11) is 1.59. The summed E-state index contributed by atoms with van der Waals surface area (Å²) < 4.78 is 4.84. The van der Waals surface area contributed by atoms with Gasteiger partial charge in [0.25, 0.3) is 0 Å². The molecule has 0 radical (unpaired) electrons. The second-order valence-electron chi connectivity index (χ2n) is 2.77. The van der Waals surface area contributed by atoms with E-state index in [2.05, 4.69) is 5.32 Å². The summed E-state index contributed by atoms with van der Waals surface area (Å²) in [5, 5.41) is 15.5. The third kappa shape index (κ3) is 3.10. The van der Waals surface area contributed by atoms with E-state index in [1.165, 1.54) is 11.3 Å². The van der Waals surface area contributed by atoms with Crippen molar-refractivity contribution in [1.82, 2.24) is 5.32 Å². The number of carboxylic acids is 1. The minimum absolute atomic E-state index is 0.508. The molecule has 0 aromatic carbocycles. The maximum absolute atomic E-state index is 10.9. The molecule has 0 aliphatic heterocycles. The molecule has 1 unspecified atom stereocenters. The van der Waals surface area contributed by atoms with Gasteiger partial charge in [0.15, 0.2) is 0 Å². The molecule has 1 atom stereocenters. The van der Waals surface area contributed by atoms with E-state index < -0.39 is 12.0 Å². The number of hydrogen-bond donors (Lipinski definition) is 2. The summed E-state index contributed by atoms with van der Waals surface area (Å²) >= 11 is 1.49. The van der Waals surface area contributed by atoms with Crippen molar-refractivity contribution in [3.8, 4) is 0 Å². The number of methoxy groups -OCH3 is 1. The van der Waals surface area contributed by atoms with Crippen molar-refractivity contribution in [3.63, 3.8) is 0 Å². The van der Waals surface area contributed by atoms with Crippen LogP contribution in [0.1, 0.15) is 11.6 Å². The van der Waals surface area contributed by atoms with E-state index in [0.717, 1.165) is 5.56 Å². The van der Waals surface area contributed by atoms with Gasteiger partial charge in [0.2, 0.25) is 0 Å². The van der Waals surface area contributed by atoms with Crippen molar-refractivity contribution in [2.45, 2.75) is 6.04 Å². The van der Waals surface area contributed by atoms with Gasteiger partial charge in [-0.15, -0.1) is 0 Å². The normalized spacial score (nSPS) is 12.6. The molecule has 78 valence electrons. The predicted octanol–water partition coefficient (Wildman–Crippen LogP) is 1.11. The monoisotopic (exact) mass is 215 g/mol. The van der Waals surface area contributed by atoms with Gasteiger partial charge >= 0.3 is 5.97 Å². The topological polar surface area (TPSA) is 58.6 Å². The van der Waals surface area contributed by atoms with Gasteiger partial charge in [0.05, 0.1) is 6.61 Å². The highest BCUT2D eigenvalue weighted by Crippen LogP contribution is 2.16. The molecule has 0 saturated carbocycles. The van der Waals surface area contributed by atoms with Crippen LogP contribution in [0.25, 0.3) is 0 Å². The molecule has 1 aromatic heterocycles. The van der Waals surface area contributed by atoms with Crippen molar-refractivity contribution < 1.29 is 14.6 Å². The average Bonchev–Trinajstić information content (AvgIpc) is 2.64. The molecule has 0 amide bonds. The molecule has 0 spiro atoms. The summed E-state index contributed by atoms with van der Waals surface area (Å²) in [6, 6.07) is 1.18. The Labute approximate surface area is 86.5 Å². The molecule has 1 aromatic rings. The van der Waals surface area contributed by atoms with Gasteiger partial charge in [-0.25, -0.2) is 0 Å². The molecule has 0 aliphatic carbocycles. The fourth-order valence-corrected chi connectivity index (χ4v) is 1.78. The van der Waals surface area contributed by atoms with Crippen LogP contribution in [0, 0.1) is 0 Å². The van der Waals surface area contributed by atoms with Gasteiger partial charge in [0, 0.05) is 13.7 Å². The van der Waals surface area contributed by atoms with Crippen molar-refractivity contribution in [3.05, 3.63) is 22.4 Å². The van der Waals surface area contributed by atoms with Crippen LogP contribution in [-0.2, 0) is 9.53 Å². The minimum Gasteiger partial charge on any atom is -0.480 e. The van der Waals surface area contributed by atoms with Gasteiger partial charge in [-0.2, -0.15) is 11.3 Å². The van der Waals surface area contributed by atoms with E-state index >= 15 is 0 Å². The first kappa shape index (κ1) is 11.2. The van der Waals surface area contributed by atoms with Gasteiger partial charge in [-0.3, -0.25) is 10.1 Å². The zero-order chi connectivity index (χ0) is 10.4. The van der Waals surface area contributed by atoms with Crippen LogP contribution in [-0.4, -0.2) is 31.3 Å². The van der Waals surface area contributed by atoms with E-state index in [1.54, 1.807) is 7.11 Å². The Morgan fingerprint density at radius 3 is 3.07 bits per heavy atom. The van der Waals surface area contributed by atoms with Crippen molar-refractivity contribution in [2.75, 3.05) is 20.3 Å². The van der Waals surface area contributed by atoms with Crippen molar-refractivity contribution in [1.29, 1.82) is 0 Å². The summed E-state index contributed by atoms with van der Waals surface area (Å²) in [5.74, 6) is -0.862. The lowest BCUT2D eigenvalue weighted by atomic mass is 10.1. The lowest BCUT2D eigenvalue weighted by Crippen LogP contribution is -2.30. The maximum Gasteiger partial charge on any atom is 0.325 e. The maximum atomic E-state index is 10.9. The molecule has 0 saturated heterocycles. The van der Waals surface area contributed by atoms with E-state index in [-0.39, 0.29) is 0 Å². The molecule has 2 N–H and O–H groups in total. The number of nitrogens with one attached hydrogen (secondary N) is 1. The molecular weight excluding hydrogens is 202 g/mol. The molecule has 4 nitrogen and oxygen atoms in total. The first-order chi connectivity index (χ1) is 6.75. The summed E-state index contributed by atoms with van der Waals surface area (Å²) in [5.41, 5.74) is 0.790. The first-order valence-electron chi connectivity index (χ1n) is 4.23. The highest BCUT2D eigenvalue weighted by Gasteiger charge is 2.18. The lowest BCUT2D eigenvalue weighted by Gasteiger charge is -2.12. The minimum atomic E-state index is -0.862. The largest absolute Gasteiger partial charge is 0.480 e. The van der Waals surface area contributed by atoms with Gasteiger partial charge < -0.3 is 9.84 Å².